The fourth-order valence-corrected chi connectivity index (χ4v) is 2.59. The van der Waals surface area contributed by atoms with E-state index in [1.165, 1.54) is 5.46 Å². The molecule has 0 amide bonds. The third-order valence-electron chi connectivity index (χ3n) is 3.85. The minimum Gasteiger partial charge on any atom is -0.427 e. The van der Waals surface area contributed by atoms with E-state index in [2.05, 4.69) is 15.9 Å². The van der Waals surface area contributed by atoms with Gasteiger partial charge in [0.2, 0.25) is 5.82 Å². The van der Waals surface area contributed by atoms with Crippen molar-refractivity contribution in [1.82, 2.24) is 4.98 Å². The number of nitriles is 1. The molecular weight excluding hydrogens is 275 g/mol. The lowest BCUT2D eigenvalue weighted by atomic mass is 9.64. The van der Waals surface area contributed by atoms with Crippen molar-refractivity contribution in [3.63, 3.8) is 0 Å². The predicted molar refractivity (Wildman–Crippen MR) is 85.8 cm³/mol. The maximum atomic E-state index is 9.25. The Kier molecular flexibility index (Phi) is 3.54. The van der Waals surface area contributed by atoms with Crippen LogP contribution < -0.4 is 10.4 Å². The van der Waals surface area contributed by atoms with Gasteiger partial charge in [0.05, 0.1) is 6.61 Å². The van der Waals surface area contributed by atoms with Crippen LogP contribution in [-0.4, -0.2) is 18.9 Å². The molecule has 1 aromatic heterocycles. The van der Waals surface area contributed by atoms with Crippen molar-refractivity contribution in [1.29, 1.82) is 5.26 Å². The fourth-order valence-electron chi connectivity index (χ4n) is 2.59. The zero-order valence-corrected chi connectivity index (χ0v) is 12.4. The molecule has 1 aromatic carbocycles. The zero-order chi connectivity index (χ0) is 15.7. The van der Waals surface area contributed by atoms with E-state index in [4.69, 9.17) is 11.2 Å². The first-order valence-corrected chi connectivity index (χ1v) is 6.91. The summed E-state index contributed by atoms with van der Waals surface area (Å²) in [6, 6.07) is 11.4. The van der Waals surface area contributed by atoms with Crippen molar-refractivity contribution in [2.24, 2.45) is 0 Å². The lowest BCUT2D eigenvalue weighted by Gasteiger charge is -2.18. The van der Waals surface area contributed by atoms with E-state index < -0.39 is 0 Å². The molecule has 0 saturated heterocycles. The molecule has 2 heterocycles. The largest absolute Gasteiger partial charge is 0.427 e. The average Bonchev–Trinajstić information content (AvgIpc) is 2.94. The van der Waals surface area contributed by atoms with Crippen LogP contribution >= 0.6 is 0 Å². The standard InChI is InChI=1S/C16H13BN4O/c1-17-14-6-5-13(8-12(14)10-22-17)21(3)16-11(9-18)4-7-15(19-2)20-16/h4-8H,10H2,1,3H3. The van der Waals surface area contributed by atoms with E-state index in [-0.39, 0.29) is 12.7 Å². The Morgan fingerprint density at radius 1 is 1.41 bits per heavy atom. The van der Waals surface area contributed by atoms with Crippen molar-refractivity contribution in [3.8, 4) is 6.07 Å². The van der Waals surface area contributed by atoms with E-state index in [0.29, 0.717) is 18.0 Å². The molecule has 0 bridgehead atoms. The Balaban J connectivity index is 2.03. The summed E-state index contributed by atoms with van der Waals surface area (Å²) < 4.78 is 5.62. The average molecular weight is 288 g/mol. The zero-order valence-electron chi connectivity index (χ0n) is 12.4. The van der Waals surface area contributed by atoms with Crippen LogP contribution in [0.15, 0.2) is 30.3 Å². The first kappa shape index (κ1) is 14.1. The summed E-state index contributed by atoms with van der Waals surface area (Å²) >= 11 is 0. The van der Waals surface area contributed by atoms with Crippen molar-refractivity contribution in [2.75, 3.05) is 11.9 Å². The summed E-state index contributed by atoms with van der Waals surface area (Å²) in [5, 5.41) is 9.25. The third kappa shape index (κ3) is 2.30. The quantitative estimate of drug-likeness (QED) is 0.629. The monoisotopic (exact) mass is 288 g/mol. The lowest BCUT2D eigenvalue weighted by molar-refractivity contribution is 0.333. The van der Waals surface area contributed by atoms with E-state index in [1.54, 1.807) is 12.1 Å². The maximum absolute atomic E-state index is 9.25. The highest BCUT2D eigenvalue weighted by atomic mass is 16.4. The first-order valence-electron chi connectivity index (χ1n) is 6.91. The Morgan fingerprint density at radius 2 is 2.23 bits per heavy atom. The van der Waals surface area contributed by atoms with Crippen LogP contribution in [0.1, 0.15) is 11.1 Å². The summed E-state index contributed by atoms with van der Waals surface area (Å²) in [6.45, 7) is 9.83. The molecule has 6 heteroatoms. The smallest absolute Gasteiger partial charge is 0.324 e. The highest BCUT2D eigenvalue weighted by Crippen LogP contribution is 2.28. The van der Waals surface area contributed by atoms with Crippen LogP contribution in [-0.2, 0) is 11.3 Å². The van der Waals surface area contributed by atoms with Crippen LogP contribution in [0.5, 0.6) is 0 Å². The van der Waals surface area contributed by atoms with Crippen LogP contribution in [0.3, 0.4) is 0 Å². The number of benzene rings is 1. The van der Waals surface area contributed by atoms with Crippen LogP contribution in [0.2, 0.25) is 6.82 Å². The first-order chi connectivity index (χ1) is 10.6. The molecule has 1 aliphatic rings. The predicted octanol–water partition coefficient (Wildman–Crippen LogP) is 2.63. The van der Waals surface area contributed by atoms with Crippen LogP contribution in [0, 0.1) is 17.9 Å². The van der Waals surface area contributed by atoms with Gasteiger partial charge in [0.1, 0.15) is 11.6 Å². The molecule has 0 atom stereocenters. The Bertz CT molecular complexity index is 822. The molecule has 0 radical (unpaired) electrons. The van der Waals surface area contributed by atoms with Gasteiger partial charge in [-0.2, -0.15) is 5.26 Å². The number of nitrogens with zero attached hydrogens (tertiary/aromatic N) is 4. The van der Waals surface area contributed by atoms with E-state index in [0.717, 1.165) is 11.3 Å². The van der Waals surface area contributed by atoms with Crippen molar-refractivity contribution in [3.05, 3.63) is 52.9 Å². The number of pyridine rings is 1. The second kappa shape index (κ2) is 5.52. The summed E-state index contributed by atoms with van der Waals surface area (Å²) in [5.74, 6) is 0.766. The molecule has 1 aliphatic heterocycles. The number of fused-ring (bicyclic) bond motifs is 1. The minimum absolute atomic E-state index is 0.118. The maximum Gasteiger partial charge on any atom is 0.324 e. The van der Waals surface area contributed by atoms with Gasteiger partial charge in [-0.25, -0.2) is 0 Å². The molecule has 0 saturated carbocycles. The summed E-state index contributed by atoms with van der Waals surface area (Å²) in [5.41, 5.74) is 3.71. The highest BCUT2D eigenvalue weighted by Gasteiger charge is 2.24. The molecule has 5 nitrogen and oxygen atoms in total. The third-order valence-corrected chi connectivity index (χ3v) is 3.85. The molecule has 22 heavy (non-hydrogen) atoms. The molecule has 106 valence electrons. The van der Waals surface area contributed by atoms with Gasteiger partial charge in [-0.15, -0.1) is 4.98 Å². The number of hydrogen-bond acceptors (Lipinski definition) is 4. The summed E-state index contributed by atoms with van der Waals surface area (Å²) in [7, 11) is 1.85. The van der Waals surface area contributed by atoms with Crippen LogP contribution in [0.4, 0.5) is 17.3 Å². The minimum atomic E-state index is 0.118. The van der Waals surface area contributed by atoms with Crippen molar-refractivity contribution in [2.45, 2.75) is 13.4 Å². The Labute approximate surface area is 129 Å². The molecular formula is C16H13BN4O. The number of hydrogen-bond donors (Lipinski definition) is 0. The van der Waals surface area contributed by atoms with Gasteiger partial charge >= 0.3 is 6.92 Å². The van der Waals surface area contributed by atoms with Gasteiger partial charge in [-0.3, -0.25) is 0 Å². The molecule has 0 N–H and O–H groups in total. The topological polar surface area (TPSA) is 53.5 Å². The number of aromatic nitrogens is 1. The Hall–Kier alpha value is -2.83. The molecule has 0 aliphatic carbocycles. The second-order valence-electron chi connectivity index (χ2n) is 5.16. The summed E-state index contributed by atoms with van der Waals surface area (Å²) in [4.78, 5) is 9.43. The Morgan fingerprint density at radius 3 is 2.95 bits per heavy atom. The lowest BCUT2D eigenvalue weighted by Crippen LogP contribution is -2.24. The van der Waals surface area contributed by atoms with Gasteiger partial charge in [-0.1, -0.05) is 19.5 Å². The molecule has 2 aromatic rings. The summed E-state index contributed by atoms with van der Waals surface area (Å²) in [6.07, 6.45) is 0. The molecule has 0 spiro atoms. The molecule has 0 unspecified atom stereocenters. The SMILES string of the molecule is [C-]#[N+]c1ccc(C#N)c(N(C)c2ccc3c(c2)COB3C)n1. The van der Waals surface area contributed by atoms with E-state index in [9.17, 15) is 5.26 Å². The van der Waals surface area contributed by atoms with E-state index in [1.807, 2.05) is 37.0 Å². The van der Waals surface area contributed by atoms with Crippen molar-refractivity contribution >= 4 is 29.7 Å². The van der Waals surface area contributed by atoms with Gasteiger partial charge in [0.25, 0.3) is 5.82 Å². The fraction of sp³-hybridized carbons (Fsp3) is 0.188. The molecule has 3 rings (SSSR count). The number of rotatable bonds is 2. The van der Waals surface area contributed by atoms with E-state index >= 15 is 0 Å². The van der Waals surface area contributed by atoms with Gasteiger partial charge < -0.3 is 14.4 Å². The van der Waals surface area contributed by atoms with Gasteiger partial charge in [0, 0.05) is 12.7 Å². The normalized spacial score (nSPS) is 12.5. The number of anilines is 2. The molecule has 0 fully saturated rings. The van der Waals surface area contributed by atoms with Crippen LogP contribution in [0.25, 0.3) is 4.85 Å². The van der Waals surface area contributed by atoms with Gasteiger partial charge in [-0.05, 0) is 35.3 Å². The van der Waals surface area contributed by atoms with Gasteiger partial charge in [0.15, 0.2) is 0 Å². The van der Waals surface area contributed by atoms with Crippen molar-refractivity contribution < 1.29 is 4.65 Å². The second-order valence-corrected chi connectivity index (χ2v) is 5.16. The highest BCUT2D eigenvalue weighted by molar-refractivity contribution is 6.67.